The van der Waals surface area contributed by atoms with Crippen LogP contribution in [0.1, 0.15) is 17.1 Å². The summed E-state index contributed by atoms with van der Waals surface area (Å²) in [7, 11) is 3.45. The van der Waals surface area contributed by atoms with Crippen molar-refractivity contribution < 1.29 is 17.6 Å². The first-order valence-corrected chi connectivity index (χ1v) is 9.61. The number of aromatic nitrogens is 1. The number of nitrogens with one attached hydrogen (secondary N) is 2. The molecule has 0 unspecified atom stereocenters. The summed E-state index contributed by atoms with van der Waals surface area (Å²) in [6.07, 6.45) is -3.28. The zero-order valence-electron chi connectivity index (χ0n) is 16.1. The van der Waals surface area contributed by atoms with Crippen molar-refractivity contribution in [1.29, 1.82) is 0 Å². The van der Waals surface area contributed by atoms with Crippen molar-refractivity contribution in [2.24, 2.45) is 4.99 Å². The Morgan fingerprint density at radius 3 is 2.52 bits per heavy atom. The van der Waals surface area contributed by atoms with Crippen LogP contribution < -0.4 is 15.5 Å². The van der Waals surface area contributed by atoms with Crippen LogP contribution in [0.15, 0.2) is 34.6 Å². The number of alkyl halides is 3. The Morgan fingerprint density at radius 1 is 1.21 bits per heavy atom. The highest BCUT2D eigenvalue weighted by atomic mass is 127. The number of guanidine groups is 1. The number of hydrogen-bond donors (Lipinski definition) is 2. The Morgan fingerprint density at radius 2 is 1.90 bits per heavy atom. The number of nitrogens with zero attached hydrogens (tertiary/aromatic N) is 3. The van der Waals surface area contributed by atoms with Gasteiger partial charge >= 0.3 is 6.18 Å². The van der Waals surface area contributed by atoms with E-state index in [0.717, 1.165) is 23.1 Å². The van der Waals surface area contributed by atoms with Gasteiger partial charge in [0.15, 0.2) is 11.7 Å². The SMILES string of the molecule is CN=C(NCCCN(C)c1ccccc1F)NCCc1nc(C(F)(F)F)cs1.I. The van der Waals surface area contributed by atoms with Gasteiger partial charge in [0.05, 0.1) is 10.7 Å². The highest BCUT2D eigenvalue weighted by Gasteiger charge is 2.33. The Balaban J connectivity index is 0.00000420. The lowest BCUT2D eigenvalue weighted by Gasteiger charge is -2.20. The van der Waals surface area contributed by atoms with Gasteiger partial charge in [0.2, 0.25) is 0 Å². The molecule has 0 spiro atoms. The zero-order valence-corrected chi connectivity index (χ0v) is 19.2. The number of rotatable bonds is 8. The van der Waals surface area contributed by atoms with Gasteiger partial charge in [0.1, 0.15) is 5.82 Å². The highest BCUT2D eigenvalue weighted by Crippen LogP contribution is 2.30. The van der Waals surface area contributed by atoms with Gasteiger partial charge in [-0.25, -0.2) is 9.37 Å². The first kappa shape index (κ1) is 25.4. The quantitative estimate of drug-likeness (QED) is 0.172. The average molecular weight is 545 g/mol. The van der Waals surface area contributed by atoms with Gasteiger partial charge in [-0.15, -0.1) is 35.3 Å². The molecule has 0 saturated carbocycles. The molecular formula is C18H24F4IN5S. The Labute approximate surface area is 188 Å². The summed E-state index contributed by atoms with van der Waals surface area (Å²) in [4.78, 5) is 9.51. The summed E-state index contributed by atoms with van der Waals surface area (Å²) >= 11 is 0.992. The molecule has 2 rings (SSSR count). The standard InChI is InChI=1S/C18H23F4N5S.HI/c1-23-17(25-10-8-16-26-15(12-28-16)18(20,21)22)24-9-5-11-27(2)14-7-4-3-6-13(14)19;/h3-4,6-7,12H,5,8-11H2,1-2H3,(H2,23,24,25);1H. The Kier molecular flexibility index (Phi) is 10.6. The molecule has 5 nitrogen and oxygen atoms in total. The van der Waals surface area contributed by atoms with Gasteiger partial charge in [-0.05, 0) is 18.6 Å². The lowest BCUT2D eigenvalue weighted by atomic mass is 10.2. The van der Waals surface area contributed by atoms with Crippen molar-refractivity contribution in [2.75, 3.05) is 38.6 Å². The molecule has 0 amide bonds. The number of thiazole rings is 1. The summed E-state index contributed by atoms with van der Waals surface area (Å²) in [5.74, 6) is 0.299. The van der Waals surface area contributed by atoms with Crippen LogP contribution in [0, 0.1) is 5.82 Å². The summed E-state index contributed by atoms with van der Waals surface area (Å²) < 4.78 is 51.3. The third-order valence-electron chi connectivity index (χ3n) is 3.92. The van der Waals surface area contributed by atoms with Crippen molar-refractivity contribution in [2.45, 2.75) is 19.0 Å². The van der Waals surface area contributed by atoms with E-state index in [2.05, 4.69) is 20.6 Å². The highest BCUT2D eigenvalue weighted by molar-refractivity contribution is 14.0. The number of anilines is 1. The van der Waals surface area contributed by atoms with Crippen LogP contribution in [-0.2, 0) is 12.6 Å². The molecule has 0 aliphatic carbocycles. The van der Waals surface area contributed by atoms with E-state index in [1.54, 1.807) is 25.2 Å². The summed E-state index contributed by atoms with van der Waals surface area (Å²) in [5.41, 5.74) is -0.305. The predicted octanol–water partition coefficient (Wildman–Crippen LogP) is 4.15. The van der Waals surface area contributed by atoms with E-state index in [-0.39, 0.29) is 29.8 Å². The van der Waals surface area contributed by atoms with E-state index in [0.29, 0.717) is 42.7 Å². The molecule has 0 atom stereocenters. The maximum Gasteiger partial charge on any atom is 0.434 e. The predicted molar refractivity (Wildman–Crippen MR) is 120 cm³/mol. The Hall–Kier alpha value is -1.63. The minimum absolute atomic E-state index is 0. The first-order valence-electron chi connectivity index (χ1n) is 8.73. The zero-order chi connectivity index (χ0) is 20.6. The molecule has 0 radical (unpaired) electrons. The lowest BCUT2D eigenvalue weighted by molar-refractivity contribution is -0.140. The van der Waals surface area contributed by atoms with E-state index in [4.69, 9.17) is 0 Å². The number of hydrogen-bond acceptors (Lipinski definition) is 4. The maximum atomic E-state index is 13.7. The molecule has 1 aromatic heterocycles. The van der Waals surface area contributed by atoms with E-state index < -0.39 is 11.9 Å². The molecule has 0 aliphatic rings. The maximum absolute atomic E-state index is 13.7. The fraction of sp³-hybridized carbons (Fsp3) is 0.444. The van der Waals surface area contributed by atoms with Crippen LogP contribution in [-0.4, -0.2) is 44.7 Å². The second-order valence-electron chi connectivity index (χ2n) is 6.03. The smallest absolute Gasteiger partial charge is 0.372 e. The third-order valence-corrected chi connectivity index (χ3v) is 4.83. The molecular weight excluding hydrogens is 521 g/mol. The summed E-state index contributed by atoms with van der Waals surface area (Å²) in [6, 6.07) is 6.60. The van der Waals surface area contributed by atoms with E-state index in [1.807, 2.05) is 11.9 Å². The van der Waals surface area contributed by atoms with Gasteiger partial charge in [-0.1, -0.05) is 12.1 Å². The number of para-hydroxylation sites is 1. The molecule has 162 valence electrons. The molecule has 2 N–H and O–H groups in total. The molecule has 2 aromatic rings. The molecule has 11 heteroatoms. The molecule has 1 aromatic carbocycles. The molecule has 0 saturated heterocycles. The van der Waals surface area contributed by atoms with Gasteiger partial charge in [0.25, 0.3) is 0 Å². The molecule has 1 heterocycles. The molecule has 0 aliphatic heterocycles. The van der Waals surface area contributed by atoms with Crippen LogP contribution in [0.25, 0.3) is 0 Å². The monoisotopic (exact) mass is 545 g/mol. The fourth-order valence-electron chi connectivity index (χ4n) is 2.47. The van der Waals surface area contributed by atoms with Crippen LogP contribution in [0.5, 0.6) is 0 Å². The van der Waals surface area contributed by atoms with Crippen molar-refractivity contribution in [3.63, 3.8) is 0 Å². The van der Waals surface area contributed by atoms with Crippen molar-refractivity contribution >= 4 is 47.0 Å². The summed E-state index contributed by atoms with van der Waals surface area (Å²) in [6.45, 7) is 1.69. The van der Waals surface area contributed by atoms with E-state index in [9.17, 15) is 17.6 Å². The van der Waals surface area contributed by atoms with Gasteiger partial charge in [-0.3, -0.25) is 4.99 Å². The number of aliphatic imine (C=N–C) groups is 1. The average Bonchev–Trinajstić information content (AvgIpc) is 3.13. The Bertz CT molecular complexity index is 782. The minimum atomic E-state index is -4.41. The van der Waals surface area contributed by atoms with Crippen LogP contribution in [0.2, 0.25) is 0 Å². The molecule has 0 fully saturated rings. The molecule has 0 bridgehead atoms. The van der Waals surface area contributed by atoms with Crippen molar-refractivity contribution in [3.05, 3.63) is 46.2 Å². The minimum Gasteiger partial charge on any atom is -0.372 e. The van der Waals surface area contributed by atoms with Crippen LogP contribution >= 0.6 is 35.3 Å². The molecule has 29 heavy (non-hydrogen) atoms. The van der Waals surface area contributed by atoms with Gasteiger partial charge in [-0.2, -0.15) is 13.2 Å². The normalized spacial score (nSPS) is 11.7. The largest absolute Gasteiger partial charge is 0.434 e. The second kappa shape index (κ2) is 12.2. The van der Waals surface area contributed by atoms with E-state index >= 15 is 0 Å². The third kappa shape index (κ3) is 8.33. The van der Waals surface area contributed by atoms with Gasteiger partial charge < -0.3 is 15.5 Å². The van der Waals surface area contributed by atoms with Gasteiger partial charge in [0, 0.05) is 45.5 Å². The fourth-order valence-corrected chi connectivity index (χ4v) is 3.27. The number of benzene rings is 1. The van der Waals surface area contributed by atoms with Crippen LogP contribution in [0.3, 0.4) is 0 Å². The van der Waals surface area contributed by atoms with Crippen molar-refractivity contribution in [3.8, 4) is 0 Å². The number of halogens is 5. The van der Waals surface area contributed by atoms with Crippen molar-refractivity contribution in [1.82, 2.24) is 15.6 Å². The first-order chi connectivity index (χ1) is 13.3. The summed E-state index contributed by atoms with van der Waals surface area (Å²) in [5, 5.41) is 7.61. The van der Waals surface area contributed by atoms with E-state index in [1.165, 1.54) is 6.07 Å². The second-order valence-corrected chi connectivity index (χ2v) is 6.97. The topological polar surface area (TPSA) is 52.6 Å². The van der Waals surface area contributed by atoms with Crippen LogP contribution in [0.4, 0.5) is 23.2 Å². The lowest BCUT2D eigenvalue weighted by Crippen LogP contribution is -2.39.